The minimum Gasteiger partial charge on any atom is -0.480 e. The van der Waals surface area contributed by atoms with Crippen molar-refractivity contribution in [1.82, 2.24) is 10.6 Å². The van der Waals surface area contributed by atoms with Crippen molar-refractivity contribution in [2.24, 2.45) is 5.73 Å². The van der Waals surface area contributed by atoms with Crippen LogP contribution in [0.5, 0.6) is 0 Å². The molecule has 1 saturated carbocycles. The van der Waals surface area contributed by atoms with Gasteiger partial charge >= 0.3 is 5.97 Å². The Morgan fingerprint density at radius 1 is 1.50 bits per heavy atom. The van der Waals surface area contributed by atoms with Crippen molar-refractivity contribution in [3.63, 3.8) is 0 Å². The van der Waals surface area contributed by atoms with Crippen molar-refractivity contribution in [2.45, 2.75) is 56.7 Å². The van der Waals surface area contributed by atoms with Gasteiger partial charge in [0.1, 0.15) is 5.54 Å². The minimum atomic E-state index is -0.906. The van der Waals surface area contributed by atoms with Crippen LogP contribution < -0.4 is 16.4 Å². The first-order chi connectivity index (χ1) is 8.39. The highest BCUT2D eigenvalue weighted by atomic mass is 16.4. The lowest BCUT2D eigenvalue weighted by Gasteiger charge is -2.27. The summed E-state index contributed by atoms with van der Waals surface area (Å²) in [5, 5.41) is 15.3. The Hall–Kier alpha value is -1.14. The molecule has 6 heteroatoms. The fraction of sp³-hybridized carbons (Fsp3) is 0.833. The maximum atomic E-state index is 11.3. The van der Waals surface area contributed by atoms with Gasteiger partial charge in [0.25, 0.3) is 0 Å². The maximum absolute atomic E-state index is 11.3. The second-order valence-electron chi connectivity index (χ2n) is 5.19. The minimum absolute atomic E-state index is 0.335. The van der Waals surface area contributed by atoms with E-state index in [1.807, 2.05) is 0 Å². The highest BCUT2D eigenvalue weighted by Gasteiger charge is 2.38. The van der Waals surface area contributed by atoms with Crippen LogP contribution in [-0.2, 0) is 9.59 Å². The molecule has 1 rings (SSSR count). The van der Waals surface area contributed by atoms with Gasteiger partial charge in [-0.15, -0.1) is 0 Å². The van der Waals surface area contributed by atoms with E-state index >= 15 is 0 Å². The van der Waals surface area contributed by atoms with Crippen LogP contribution in [0.15, 0.2) is 0 Å². The lowest BCUT2D eigenvalue weighted by atomic mass is 9.93. The zero-order chi connectivity index (χ0) is 13.8. The molecule has 0 aliphatic heterocycles. The van der Waals surface area contributed by atoms with Gasteiger partial charge < -0.3 is 16.2 Å². The molecule has 0 saturated heterocycles. The Kier molecular flexibility index (Phi) is 5.10. The molecule has 0 heterocycles. The first-order valence-electron chi connectivity index (χ1n) is 6.36. The number of amides is 1. The van der Waals surface area contributed by atoms with Crippen molar-refractivity contribution in [2.75, 3.05) is 7.05 Å². The third-order valence-electron chi connectivity index (χ3n) is 3.43. The van der Waals surface area contributed by atoms with Crippen LogP contribution >= 0.6 is 0 Å². The molecule has 6 nitrogen and oxygen atoms in total. The molecule has 0 aromatic carbocycles. The molecule has 0 aromatic heterocycles. The van der Waals surface area contributed by atoms with Crippen LogP contribution in [0.25, 0.3) is 0 Å². The van der Waals surface area contributed by atoms with Gasteiger partial charge in [-0.1, -0.05) is 0 Å². The largest absolute Gasteiger partial charge is 0.480 e. The number of carboxylic acids is 1. The molecule has 1 aliphatic rings. The zero-order valence-corrected chi connectivity index (χ0v) is 11.0. The summed E-state index contributed by atoms with van der Waals surface area (Å²) in [6.07, 6.45) is 3.77. The van der Waals surface area contributed by atoms with E-state index in [2.05, 4.69) is 10.6 Å². The predicted molar refractivity (Wildman–Crippen MR) is 68.1 cm³/mol. The van der Waals surface area contributed by atoms with Gasteiger partial charge in [0.15, 0.2) is 0 Å². The fourth-order valence-electron chi connectivity index (χ4n) is 2.01. The first-order valence-corrected chi connectivity index (χ1v) is 6.36. The van der Waals surface area contributed by atoms with Gasteiger partial charge in [0, 0.05) is 6.04 Å². The second-order valence-corrected chi connectivity index (χ2v) is 5.19. The Morgan fingerprint density at radius 3 is 2.50 bits per heavy atom. The summed E-state index contributed by atoms with van der Waals surface area (Å²) in [4.78, 5) is 22.3. The van der Waals surface area contributed by atoms with E-state index in [0.717, 1.165) is 12.8 Å². The van der Waals surface area contributed by atoms with E-state index in [9.17, 15) is 14.7 Å². The summed E-state index contributed by atoms with van der Waals surface area (Å²) >= 11 is 0. The third kappa shape index (κ3) is 4.27. The van der Waals surface area contributed by atoms with Gasteiger partial charge in [-0.3, -0.25) is 14.9 Å². The molecule has 0 aromatic rings. The number of hydrogen-bond donors (Lipinski definition) is 4. The number of carboxylic acid groups (broad SMARTS) is 1. The predicted octanol–water partition coefficient (Wildman–Crippen LogP) is -0.175. The van der Waals surface area contributed by atoms with E-state index < -0.39 is 17.4 Å². The molecule has 2 unspecified atom stereocenters. The Morgan fingerprint density at radius 2 is 2.11 bits per heavy atom. The quantitative estimate of drug-likeness (QED) is 0.459. The van der Waals surface area contributed by atoms with Crippen molar-refractivity contribution in [3.05, 3.63) is 0 Å². The molecule has 1 aliphatic carbocycles. The normalized spacial score (nSPS) is 20.1. The van der Waals surface area contributed by atoms with Gasteiger partial charge in [0.2, 0.25) is 5.91 Å². The van der Waals surface area contributed by atoms with Gasteiger partial charge in [-0.2, -0.15) is 0 Å². The summed E-state index contributed by atoms with van der Waals surface area (Å²) in [5.74, 6) is -1.24. The smallest absolute Gasteiger partial charge is 0.323 e. The van der Waals surface area contributed by atoms with Crippen molar-refractivity contribution >= 4 is 11.9 Å². The Bertz CT molecular complexity index is 318. The van der Waals surface area contributed by atoms with E-state index in [1.165, 1.54) is 0 Å². The second kappa shape index (κ2) is 6.15. The van der Waals surface area contributed by atoms with Crippen LogP contribution in [-0.4, -0.2) is 41.7 Å². The number of primary amides is 1. The van der Waals surface area contributed by atoms with Crippen LogP contribution in [0.3, 0.4) is 0 Å². The lowest BCUT2D eigenvalue weighted by molar-refractivity contribution is -0.144. The van der Waals surface area contributed by atoms with Gasteiger partial charge in [0.05, 0.1) is 6.04 Å². The summed E-state index contributed by atoms with van der Waals surface area (Å²) in [5.41, 5.74) is 4.31. The zero-order valence-electron chi connectivity index (χ0n) is 11.0. The molecule has 0 bridgehead atoms. The first kappa shape index (κ1) is 14.9. The molecule has 2 atom stereocenters. The fourth-order valence-corrected chi connectivity index (χ4v) is 2.01. The van der Waals surface area contributed by atoms with Crippen LogP contribution in [0, 0.1) is 0 Å². The molecule has 104 valence electrons. The number of carbonyl (C=O) groups is 2. The van der Waals surface area contributed by atoms with Crippen molar-refractivity contribution in [3.8, 4) is 0 Å². The maximum Gasteiger partial charge on any atom is 0.323 e. The van der Waals surface area contributed by atoms with E-state index in [0.29, 0.717) is 25.3 Å². The van der Waals surface area contributed by atoms with Crippen molar-refractivity contribution in [1.29, 1.82) is 0 Å². The molecule has 18 heavy (non-hydrogen) atoms. The van der Waals surface area contributed by atoms with Crippen LogP contribution in [0.4, 0.5) is 0 Å². The average molecular weight is 257 g/mol. The van der Waals surface area contributed by atoms with Crippen LogP contribution in [0.2, 0.25) is 0 Å². The Balaban J connectivity index is 2.41. The molecule has 1 amide bonds. The molecule has 0 radical (unpaired) electrons. The number of likely N-dealkylation sites (N-methyl/N-ethyl adjacent to an activating group) is 1. The number of nitrogens with two attached hydrogens (primary N) is 1. The molecular formula is C12H23N3O3. The molecule has 5 N–H and O–H groups in total. The van der Waals surface area contributed by atoms with E-state index in [1.54, 1.807) is 14.0 Å². The number of carbonyl (C=O) groups excluding carboxylic acids is 1. The average Bonchev–Trinajstić information content (AvgIpc) is 3.07. The highest BCUT2D eigenvalue weighted by Crippen LogP contribution is 2.25. The summed E-state index contributed by atoms with van der Waals surface area (Å²) in [7, 11) is 1.67. The number of nitrogens with one attached hydrogen (secondary N) is 2. The highest BCUT2D eigenvalue weighted by molar-refractivity contribution is 5.80. The summed E-state index contributed by atoms with van der Waals surface area (Å²) < 4.78 is 0. The van der Waals surface area contributed by atoms with Crippen LogP contribution in [0.1, 0.15) is 39.0 Å². The Labute approximate surface area is 107 Å². The van der Waals surface area contributed by atoms with E-state index in [-0.39, 0.29) is 6.04 Å². The van der Waals surface area contributed by atoms with E-state index in [4.69, 9.17) is 5.73 Å². The molecule has 0 spiro atoms. The standard InChI is InChI=1S/C12H23N3O3/c1-12(11(17)18,15-8-5-6-8)7-3-4-9(14-2)10(13)16/h8-9,14-15H,3-7H2,1-2H3,(H2,13,16)(H,17,18). The SMILES string of the molecule is CNC(CCCC(C)(NC1CC1)C(=O)O)C(N)=O. The number of aliphatic carboxylic acids is 1. The lowest BCUT2D eigenvalue weighted by Crippen LogP contribution is -2.50. The van der Waals surface area contributed by atoms with Gasteiger partial charge in [-0.05, 0) is 46.1 Å². The molecular weight excluding hydrogens is 234 g/mol. The van der Waals surface area contributed by atoms with Crippen molar-refractivity contribution < 1.29 is 14.7 Å². The topological polar surface area (TPSA) is 104 Å². The molecule has 1 fully saturated rings. The number of rotatable bonds is 9. The van der Waals surface area contributed by atoms with Gasteiger partial charge in [-0.25, -0.2) is 0 Å². The number of hydrogen-bond acceptors (Lipinski definition) is 4. The monoisotopic (exact) mass is 257 g/mol. The summed E-state index contributed by atoms with van der Waals surface area (Å²) in [6, 6.07) is -0.0497. The third-order valence-corrected chi connectivity index (χ3v) is 3.43. The summed E-state index contributed by atoms with van der Waals surface area (Å²) in [6.45, 7) is 1.70.